The third kappa shape index (κ3) is 2.98. The molecule has 88 valence electrons. The van der Waals surface area contributed by atoms with E-state index in [9.17, 15) is 10.1 Å². The Labute approximate surface area is 93.6 Å². The highest BCUT2D eigenvalue weighted by Crippen LogP contribution is 2.21. The molecule has 0 saturated heterocycles. The van der Waals surface area contributed by atoms with E-state index in [2.05, 4.69) is 4.98 Å². The number of hydrogen-bond acceptors (Lipinski definition) is 5. The first-order valence-electron chi connectivity index (χ1n) is 4.89. The van der Waals surface area contributed by atoms with Gasteiger partial charge < -0.3 is 10.5 Å². The summed E-state index contributed by atoms with van der Waals surface area (Å²) in [4.78, 5) is 14.5. The summed E-state index contributed by atoms with van der Waals surface area (Å²) in [5.41, 5.74) is 6.81. The molecule has 0 saturated carbocycles. The number of rotatable bonds is 5. The van der Waals surface area contributed by atoms with Gasteiger partial charge in [-0.2, -0.15) is 0 Å². The maximum Gasteiger partial charge on any atom is 0.293 e. The van der Waals surface area contributed by atoms with Gasteiger partial charge in [0, 0.05) is 31.3 Å². The molecule has 0 aliphatic rings. The van der Waals surface area contributed by atoms with Gasteiger partial charge in [0.05, 0.1) is 11.5 Å². The largest absolute Gasteiger partial charge is 0.383 e. The monoisotopic (exact) mass is 225 g/mol. The van der Waals surface area contributed by atoms with Crippen molar-refractivity contribution in [3.05, 3.63) is 33.6 Å². The molecule has 1 heterocycles. The van der Waals surface area contributed by atoms with Crippen molar-refractivity contribution in [2.24, 2.45) is 5.73 Å². The van der Waals surface area contributed by atoms with Crippen LogP contribution < -0.4 is 5.73 Å². The van der Waals surface area contributed by atoms with Gasteiger partial charge in [0.1, 0.15) is 5.69 Å². The van der Waals surface area contributed by atoms with Gasteiger partial charge in [-0.05, 0) is 13.0 Å². The summed E-state index contributed by atoms with van der Waals surface area (Å²) in [7, 11) is 1.54. The lowest BCUT2D eigenvalue weighted by Gasteiger charge is -2.10. The zero-order valence-electron chi connectivity index (χ0n) is 9.34. The quantitative estimate of drug-likeness (QED) is 0.591. The fraction of sp³-hybridized carbons (Fsp3) is 0.500. The van der Waals surface area contributed by atoms with Crippen molar-refractivity contribution < 1.29 is 9.66 Å². The molecule has 6 nitrogen and oxygen atoms in total. The Hall–Kier alpha value is -1.53. The molecule has 0 fully saturated rings. The standard InChI is InChI=1S/C10H15N3O3/c1-7-3-4-12-9(10(7)13(14)15)5-8(11)6-16-2/h3-4,8H,5-6,11H2,1-2H3. The third-order valence-corrected chi connectivity index (χ3v) is 2.22. The van der Waals surface area contributed by atoms with Gasteiger partial charge in [0.2, 0.25) is 0 Å². The van der Waals surface area contributed by atoms with Gasteiger partial charge in [-0.15, -0.1) is 0 Å². The molecule has 6 heteroatoms. The molecule has 0 radical (unpaired) electrons. The molecule has 1 unspecified atom stereocenters. The van der Waals surface area contributed by atoms with E-state index in [4.69, 9.17) is 10.5 Å². The van der Waals surface area contributed by atoms with E-state index in [1.54, 1.807) is 19.2 Å². The number of pyridine rings is 1. The van der Waals surface area contributed by atoms with Crippen LogP contribution in [-0.2, 0) is 11.2 Å². The number of nitrogens with zero attached hydrogens (tertiary/aromatic N) is 2. The maximum atomic E-state index is 10.9. The Morgan fingerprint density at radius 3 is 2.94 bits per heavy atom. The first-order chi connectivity index (χ1) is 7.56. The molecule has 0 amide bonds. The van der Waals surface area contributed by atoms with Crippen molar-refractivity contribution >= 4 is 5.69 Å². The zero-order chi connectivity index (χ0) is 12.1. The van der Waals surface area contributed by atoms with Crippen LogP contribution in [0.4, 0.5) is 5.69 Å². The minimum atomic E-state index is -0.419. The highest BCUT2D eigenvalue weighted by molar-refractivity contribution is 5.43. The van der Waals surface area contributed by atoms with Crippen LogP contribution >= 0.6 is 0 Å². The van der Waals surface area contributed by atoms with E-state index < -0.39 is 4.92 Å². The second-order valence-corrected chi connectivity index (χ2v) is 3.60. The van der Waals surface area contributed by atoms with Crippen LogP contribution in [-0.4, -0.2) is 29.7 Å². The molecule has 0 spiro atoms. The maximum absolute atomic E-state index is 10.9. The van der Waals surface area contributed by atoms with Gasteiger partial charge in [0.15, 0.2) is 0 Å². The highest BCUT2D eigenvalue weighted by atomic mass is 16.6. The minimum Gasteiger partial charge on any atom is -0.383 e. The fourth-order valence-electron chi connectivity index (χ4n) is 1.53. The van der Waals surface area contributed by atoms with Crippen molar-refractivity contribution in [1.82, 2.24) is 4.98 Å². The Balaban J connectivity index is 2.95. The molecule has 1 aromatic rings. The summed E-state index contributed by atoms with van der Waals surface area (Å²) in [6.45, 7) is 2.04. The molecular weight excluding hydrogens is 210 g/mol. The number of ether oxygens (including phenoxy) is 1. The molecule has 0 aliphatic heterocycles. The van der Waals surface area contributed by atoms with Crippen molar-refractivity contribution in [3.63, 3.8) is 0 Å². The van der Waals surface area contributed by atoms with Crippen molar-refractivity contribution in [1.29, 1.82) is 0 Å². The SMILES string of the molecule is COCC(N)Cc1nccc(C)c1[N+](=O)[O-]. The molecule has 0 aliphatic carbocycles. The fourth-order valence-corrected chi connectivity index (χ4v) is 1.53. The van der Waals surface area contributed by atoms with E-state index in [1.165, 1.54) is 7.11 Å². The molecule has 0 aromatic carbocycles. The molecule has 2 N–H and O–H groups in total. The normalized spacial score (nSPS) is 12.4. The van der Waals surface area contributed by atoms with E-state index >= 15 is 0 Å². The zero-order valence-corrected chi connectivity index (χ0v) is 9.34. The third-order valence-electron chi connectivity index (χ3n) is 2.22. The Morgan fingerprint density at radius 2 is 2.38 bits per heavy atom. The first-order valence-corrected chi connectivity index (χ1v) is 4.89. The number of aryl methyl sites for hydroxylation is 1. The van der Waals surface area contributed by atoms with Gasteiger partial charge in [-0.1, -0.05) is 0 Å². The highest BCUT2D eigenvalue weighted by Gasteiger charge is 2.20. The van der Waals surface area contributed by atoms with Gasteiger partial charge in [-0.25, -0.2) is 0 Å². The van der Waals surface area contributed by atoms with Crippen LogP contribution in [0.2, 0.25) is 0 Å². The predicted octanol–water partition coefficient (Wildman–Crippen LogP) is 0.814. The predicted molar refractivity (Wildman–Crippen MR) is 59.2 cm³/mol. The number of nitrogens with two attached hydrogens (primary N) is 1. The van der Waals surface area contributed by atoms with Gasteiger partial charge in [-0.3, -0.25) is 15.1 Å². The second-order valence-electron chi connectivity index (χ2n) is 3.60. The Morgan fingerprint density at radius 1 is 1.69 bits per heavy atom. The smallest absolute Gasteiger partial charge is 0.293 e. The number of hydrogen-bond donors (Lipinski definition) is 1. The summed E-state index contributed by atoms with van der Waals surface area (Å²) in [6.07, 6.45) is 1.89. The molecule has 1 atom stereocenters. The molecule has 0 bridgehead atoms. The molecule has 16 heavy (non-hydrogen) atoms. The van der Waals surface area contributed by atoms with E-state index in [-0.39, 0.29) is 11.7 Å². The summed E-state index contributed by atoms with van der Waals surface area (Å²) in [5, 5.41) is 10.9. The summed E-state index contributed by atoms with van der Waals surface area (Å²) >= 11 is 0. The average molecular weight is 225 g/mol. The van der Waals surface area contributed by atoms with Crippen LogP contribution in [0.15, 0.2) is 12.3 Å². The minimum absolute atomic E-state index is 0.0500. The Bertz CT molecular complexity index is 382. The Kier molecular flexibility index (Phi) is 4.33. The van der Waals surface area contributed by atoms with Gasteiger partial charge >= 0.3 is 0 Å². The lowest BCUT2D eigenvalue weighted by atomic mass is 10.1. The lowest BCUT2D eigenvalue weighted by molar-refractivity contribution is -0.386. The van der Waals surface area contributed by atoms with Crippen molar-refractivity contribution in [2.45, 2.75) is 19.4 Å². The number of methoxy groups -OCH3 is 1. The summed E-state index contributed by atoms with van der Waals surface area (Å²) in [5.74, 6) is 0. The summed E-state index contributed by atoms with van der Waals surface area (Å²) in [6, 6.07) is 1.33. The number of aromatic nitrogens is 1. The van der Waals surface area contributed by atoms with E-state index in [0.717, 1.165) is 0 Å². The van der Waals surface area contributed by atoms with Crippen LogP contribution in [0.1, 0.15) is 11.3 Å². The molecule has 1 aromatic heterocycles. The first kappa shape index (κ1) is 12.5. The number of nitro groups is 1. The van der Waals surface area contributed by atoms with Crippen LogP contribution in [0.5, 0.6) is 0 Å². The van der Waals surface area contributed by atoms with Crippen molar-refractivity contribution in [2.75, 3.05) is 13.7 Å². The van der Waals surface area contributed by atoms with Gasteiger partial charge in [0.25, 0.3) is 5.69 Å². The topological polar surface area (TPSA) is 91.3 Å². The van der Waals surface area contributed by atoms with E-state index in [0.29, 0.717) is 24.3 Å². The lowest BCUT2D eigenvalue weighted by Crippen LogP contribution is -2.28. The average Bonchev–Trinajstić information content (AvgIpc) is 2.17. The van der Waals surface area contributed by atoms with Crippen LogP contribution in [0.3, 0.4) is 0 Å². The molecule has 1 rings (SSSR count). The van der Waals surface area contributed by atoms with Crippen LogP contribution in [0.25, 0.3) is 0 Å². The van der Waals surface area contributed by atoms with Crippen LogP contribution in [0, 0.1) is 17.0 Å². The second kappa shape index (κ2) is 5.53. The van der Waals surface area contributed by atoms with Crippen molar-refractivity contribution in [3.8, 4) is 0 Å². The van der Waals surface area contributed by atoms with E-state index in [1.807, 2.05) is 0 Å². The molecular formula is C10H15N3O3. The summed E-state index contributed by atoms with van der Waals surface area (Å²) < 4.78 is 4.88.